The Balaban J connectivity index is 1.80. The van der Waals surface area contributed by atoms with E-state index in [1.807, 2.05) is 30.3 Å². The van der Waals surface area contributed by atoms with E-state index in [9.17, 15) is 9.59 Å². The molecular formula is C12H15N3O2. The van der Waals surface area contributed by atoms with E-state index in [2.05, 4.69) is 16.0 Å². The molecule has 5 heteroatoms. The maximum Gasteiger partial charge on any atom is 0.319 e. The van der Waals surface area contributed by atoms with E-state index < -0.39 is 0 Å². The predicted molar refractivity (Wildman–Crippen MR) is 64.6 cm³/mol. The lowest BCUT2D eigenvalue weighted by molar-refractivity contribution is -0.122. The van der Waals surface area contributed by atoms with Crippen LogP contribution in [0.2, 0.25) is 0 Å². The molecular weight excluding hydrogens is 218 g/mol. The lowest BCUT2D eigenvalue weighted by Gasteiger charge is -2.23. The molecule has 0 aromatic heterocycles. The van der Waals surface area contributed by atoms with Crippen LogP contribution in [0.1, 0.15) is 12.8 Å². The minimum atomic E-state index is -0.239. The van der Waals surface area contributed by atoms with Crippen molar-refractivity contribution in [1.29, 1.82) is 0 Å². The van der Waals surface area contributed by atoms with Gasteiger partial charge in [-0.2, -0.15) is 0 Å². The zero-order chi connectivity index (χ0) is 12.1. The molecule has 1 saturated heterocycles. The number of benzene rings is 1. The fraction of sp³-hybridized carbons (Fsp3) is 0.333. The molecule has 0 radical (unpaired) electrons. The highest BCUT2D eigenvalue weighted by Crippen LogP contribution is 2.06. The van der Waals surface area contributed by atoms with Crippen molar-refractivity contribution in [3.8, 4) is 0 Å². The molecule has 5 nitrogen and oxygen atoms in total. The van der Waals surface area contributed by atoms with Crippen LogP contribution in [0.4, 0.5) is 10.5 Å². The maximum absolute atomic E-state index is 11.6. The number of carbonyl (C=O) groups excluding carboxylic acids is 2. The topological polar surface area (TPSA) is 70.2 Å². The molecule has 2 rings (SSSR count). The van der Waals surface area contributed by atoms with E-state index in [4.69, 9.17) is 0 Å². The van der Waals surface area contributed by atoms with Crippen LogP contribution in [0.15, 0.2) is 30.3 Å². The first kappa shape index (κ1) is 11.4. The summed E-state index contributed by atoms with van der Waals surface area (Å²) in [7, 11) is 0. The highest BCUT2D eigenvalue weighted by molar-refractivity contribution is 5.89. The van der Waals surface area contributed by atoms with E-state index in [0.29, 0.717) is 19.4 Å². The second-order valence-corrected chi connectivity index (χ2v) is 4.00. The number of hydrogen-bond acceptors (Lipinski definition) is 2. The highest BCUT2D eigenvalue weighted by atomic mass is 16.2. The van der Waals surface area contributed by atoms with Crippen molar-refractivity contribution in [1.82, 2.24) is 10.6 Å². The monoisotopic (exact) mass is 233 g/mol. The first-order valence-electron chi connectivity index (χ1n) is 5.63. The maximum atomic E-state index is 11.6. The lowest BCUT2D eigenvalue weighted by atomic mass is 10.1. The summed E-state index contributed by atoms with van der Waals surface area (Å²) in [6.07, 6.45) is 1.16. The molecule has 17 heavy (non-hydrogen) atoms. The van der Waals surface area contributed by atoms with Gasteiger partial charge in [0.15, 0.2) is 0 Å². The van der Waals surface area contributed by atoms with Gasteiger partial charge in [-0.05, 0) is 18.6 Å². The number of hydrogen-bond donors (Lipinski definition) is 3. The van der Waals surface area contributed by atoms with E-state index in [0.717, 1.165) is 5.69 Å². The Morgan fingerprint density at radius 2 is 2.06 bits per heavy atom. The van der Waals surface area contributed by atoms with Crippen LogP contribution in [0.25, 0.3) is 0 Å². The van der Waals surface area contributed by atoms with Crippen molar-refractivity contribution >= 4 is 17.6 Å². The Morgan fingerprint density at radius 1 is 1.29 bits per heavy atom. The van der Waals surface area contributed by atoms with Gasteiger partial charge in [-0.3, -0.25) is 4.79 Å². The molecule has 0 aliphatic carbocycles. The van der Waals surface area contributed by atoms with Crippen LogP contribution in [-0.2, 0) is 4.79 Å². The van der Waals surface area contributed by atoms with Crippen molar-refractivity contribution in [2.75, 3.05) is 11.9 Å². The van der Waals surface area contributed by atoms with E-state index in [1.54, 1.807) is 0 Å². The van der Waals surface area contributed by atoms with Crippen molar-refractivity contribution in [2.45, 2.75) is 18.9 Å². The highest BCUT2D eigenvalue weighted by Gasteiger charge is 2.19. The fourth-order valence-corrected chi connectivity index (χ4v) is 1.73. The van der Waals surface area contributed by atoms with Gasteiger partial charge in [-0.25, -0.2) is 4.79 Å². The summed E-state index contributed by atoms with van der Waals surface area (Å²) in [5, 5.41) is 8.28. The Hall–Kier alpha value is -2.04. The van der Waals surface area contributed by atoms with Crippen LogP contribution in [0.5, 0.6) is 0 Å². The summed E-state index contributed by atoms with van der Waals surface area (Å²) in [6.45, 7) is 0.501. The first-order chi connectivity index (χ1) is 8.24. The molecule has 0 spiro atoms. The largest absolute Gasteiger partial charge is 0.354 e. The van der Waals surface area contributed by atoms with Crippen molar-refractivity contribution < 1.29 is 9.59 Å². The summed E-state index contributed by atoms with van der Waals surface area (Å²) in [5.74, 6) is 0.0477. The van der Waals surface area contributed by atoms with Crippen molar-refractivity contribution in [3.63, 3.8) is 0 Å². The third-order valence-corrected chi connectivity index (χ3v) is 2.63. The molecule has 0 bridgehead atoms. The molecule has 1 aliphatic rings. The molecule has 90 valence electrons. The van der Waals surface area contributed by atoms with Gasteiger partial charge in [-0.1, -0.05) is 18.2 Å². The third kappa shape index (κ3) is 3.48. The molecule has 1 fully saturated rings. The Bertz CT molecular complexity index is 395. The van der Waals surface area contributed by atoms with Crippen LogP contribution in [0, 0.1) is 0 Å². The number of nitrogens with one attached hydrogen (secondary N) is 3. The molecule has 1 aromatic rings. The fourth-order valence-electron chi connectivity index (χ4n) is 1.73. The van der Waals surface area contributed by atoms with E-state index >= 15 is 0 Å². The van der Waals surface area contributed by atoms with Gasteiger partial charge in [-0.15, -0.1) is 0 Å². The van der Waals surface area contributed by atoms with Crippen LogP contribution >= 0.6 is 0 Å². The first-order valence-corrected chi connectivity index (χ1v) is 5.63. The standard InChI is InChI=1S/C12H15N3O2/c16-11-7-6-10(8-13-11)15-12(17)14-9-4-2-1-3-5-9/h1-5,10H,6-8H2,(H,13,16)(H2,14,15,17). The Kier molecular flexibility index (Phi) is 3.59. The normalized spacial score (nSPS) is 19.3. The Morgan fingerprint density at radius 3 is 2.71 bits per heavy atom. The SMILES string of the molecule is O=C1CCC(NC(=O)Nc2ccccc2)CN1. The number of anilines is 1. The minimum Gasteiger partial charge on any atom is -0.354 e. The molecule has 3 N–H and O–H groups in total. The third-order valence-electron chi connectivity index (χ3n) is 2.63. The zero-order valence-corrected chi connectivity index (χ0v) is 9.40. The van der Waals surface area contributed by atoms with Gasteiger partial charge in [0.05, 0.1) is 0 Å². The summed E-state index contributed by atoms with van der Waals surface area (Å²) in [6, 6.07) is 9.02. The van der Waals surface area contributed by atoms with Crippen LogP contribution < -0.4 is 16.0 Å². The number of para-hydroxylation sites is 1. The van der Waals surface area contributed by atoms with Gasteiger partial charge in [0.25, 0.3) is 0 Å². The summed E-state index contributed by atoms with van der Waals surface area (Å²) in [4.78, 5) is 22.6. The van der Waals surface area contributed by atoms with Gasteiger partial charge >= 0.3 is 6.03 Å². The van der Waals surface area contributed by atoms with Gasteiger partial charge in [0.1, 0.15) is 0 Å². The number of amides is 3. The number of rotatable bonds is 2. The quantitative estimate of drug-likeness (QED) is 0.715. The smallest absolute Gasteiger partial charge is 0.319 e. The summed E-state index contributed by atoms with van der Waals surface area (Å²) < 4.78 is 0. The number of urea groups is 1. The molecule has 0 saturated carbocycles. The second kappa shape index (κ2) is 5.34. The van der Waals surface area contributed by atoms with Gasteiger partial charge in [0, 0.05) is 24.7 Å². The minimum absolute atomic E-state index is 0.0106. The van der Waals surface area contributed by atoms with Gasteiger partial charge < -0.3 is 16.0 Å². The van der Waals surface area contributed by atoms with Crippen LogP contribution in [-0.4, -0.2) is 24.5 Å². The van der Waals surface area contributed by atoms with E-state index in [1.165, 1.54) is 0 Å². The van der Waals surface area contributed by atoms with Crippen molar-refractivity contribution in [3.05, 3.63) is 30.3 Å². The van der Waals surface area contributed by atoms with Gasteiger partial charge in [0.2, 0.25) is 5.91 Å². The average molecular weight is 233 g/mol. The molecule has 1 unspecified atom stereocenters. The lowest BCUT2D eigenvalue weighted by Crippen LogP contribution is -2.48. The van der Waals surface area contributed by atoms with Crippen molar-refractivity contribution in [2.24, 2.45) is 0 Å². The number of piperidine rings is 1. The molecule has 1 aromatic carbocycles. The average Bonchev–Trinajstić information content (AvgIpc) is 2.33. The molecule has 1 heterocycles. The molecule has 1 aliphatic heterocycles. The molecule has 3 amide bonds. The summed E-state index contributed by atoms with van der Waals surface area (Å²) >= 11 is 0. The van der Waals surface area contributed by atoms with Crippen LogP contribution in [0.3, 0.4) is 0 Å². The second-order valence-electron chi connectivity index (χ2n) is 4.00. The number of carbonyl (C=O) groups is 2. The zero-order valence-electron chi connectivity index (χ0n) is 9.40. The predicted octanol–water partition coefficient (Wildman–Crippen LogP) is 1.09. The summed E-state index contributed by atoms with van der Waals surface area (Å²) in [5.41, 5.74) is 0.754. The van der Waals surface area contributed by atoms with E-state index in [-0.39, 0.29) is 18.0 Å². The molecule has 1 atom stereocenters. The Labute approximate surface area is 99.6 Å².